The molecule has 2 unspecified atom stereocenters. The lowest BCUT2D eigenvalue weighted by atomic mass is 9.93. The number of aromatic amines is 1. The zero-order valence-electron chi connectivity index (χ0n) is 23.9. The van der Waals surface area contributed by atoms with Gasteiger partial charge >= 0.3 is 5.97 Å². The van der Waals surface area contributed by atoms with Crippen LogP contribution in [0.3, 0.4) is 0 Å². The van der Waals surface area contributed by atoms with Crippen molar-refractivity contribution in [2.24, 2.45) is 10.7 Å². The van der Waals surface area contributed by atoms with Gasteiger partial charge in [-0.15, -0.1) is 0 Å². The largest absolute Gasteiger partial charge is 0.462 e. The highest BCUT2D eigenvalue weighted by molar-refractivity contribution is 6.10. The third-order valence-corrected chi connectivity index (χ3v) is 7.69. The van der Waals surface area contributed by atoms with E-state index in [2.05, 4.69) is 49.3 Å². The van der Waals surface area contributed by atoms with Crippen LogP contribution in [0.4, 0.5) is 5.69 Å². The first-order chi connectivity index (χ1) is 19.3. The molecule has 0 radical (unpaired) electrons. The first-order valence-corrected chi connectivity index (χ1v) is 14.3. The average molecular weight is 541 g/mol. The minimum absolute atomic E-state index is 0.0571. The van der Waals surface area contributed by atoms with Crippen LogP contribution in [0.25, 0.3) is 16.8 Å². The smallest absolute Gasteiger partial charge is 0.340 e. The van der Waals surface area contributed by atoms with Gasteiger partial charge in [0.1, 0.15) is 0 Å². The number of nitrogens with one attached hydrogen (secondary N) is 2. The molecule has 1 saturated carbocycles. The molecular formula is C33H40N4O3. The van der Waals surface area contributed by atoms with Gasteiger partial charge in [-0.1, -0.05) is 49.4 Å². The van der Waals surface area contributed by atoms with Crippen molar-refractivity contribution in [3.05, 3.63) is 83.1 Å². The Labute approximate surface area is 236 Å². The zero-order chi connectivity index (χ0) is 28.3. The van der Waals surface area contributed by atoms with Crippen LogP contribution >= 0.6 is 0 Å². The van der Waals surface area contributed by atoms with Gasteiger partial charge in [-0.2, -0.15) is 0 Å². The molecule has 2 atom stereocenters. The van der Waals surface area contributed by atoms with Crippen molar-refractivity contribution in [2.45, 2.75) is 71.2 Å². The molecule has 1 aromatic heterocycles. The molecule has 4 N–H and O–H groups in total. The van der Waals surface area contributed by atoms with E-state index in [9.17, 15) is 4.79 Å². The molecule has 3 aromatic rings. The van der Waals surface area contributed by atoms with Crippen LogP contribution in [-0.2, 0) is 16.1 Å². The molecule has 2 aliphatic rings. The maximum absolute atomic E-state index is 13.0. The lowest BCUT2D eigenvalue weighted by Gasteiger charge is -2.18. The molecule has 7 nitrogen and oxygen atoms in total. The van der Waals surface area contributed by atoms with Crippen LogP contribution in [0.5, 0.6) is 0 Å². The number of H-pyrrole nitrogens is 1. The Hall–Kier alpha value is -3.68. The number of nitrogens with zero attached hydrogens (tertiary/aromatic N) is 1. The number of benzene rings is 2. The van der Waals surface area contributed by atoms with E-state index in [1.807, 2.05) is 42.5 Å². The van der Waals surface area contributed by atoms with Crippen LogP contribution in [-0.4, -0.2) is 41.5 Å². The fraction of sp³-hybridized carbons (Fsp3) is 0.394. The summed E-state index contributed by atoms with van der Waals surface area (Å²) in [6.45, 7) is 9.34. The third-order valence-electron chi connectivity index (χ3n) is 7.69. The lowest BCUT2D eigenvalue weighted by molar-refractivity contribution is 0.0522. The van der Waals surface area contributed by atoms with E-state index in [1.165, 1.54) is 5.57 Å². The Morgan fingerprint density at radius 2 is 1.93 bits per heavy atom. The van der Waals surface area contributed by atoms with Gasteiger partial charge in [-0.05, 0) is 69.4 Å². The van der Waals surface area contributed by atoms with E-state index in [0.717, 1.165) is 53.0 Å². The fourth-order valence-electron chi connectivity index (χ4n) is 5.19. The van der Waals surface area contributed by atoms with E-state index < -0.39 is 12.0 Å². The van der Waals surface area contributed by atoms with E-state index in [-0.39, 0.29) is 24.8 Å². The van der Waals surface area contributed by atoms with Gasteiger partial charge in [0.15, 0.2) is 0 Å². The summed E-state index contributed by atoms with van der Waals surface area (Å²) in [6, 6.07) is 17.6. The molecule has 0 bridgehead atoms. The molecule has 0 saturated heterocycles. The molecule has 2 aromatic carbocycles. The van der Waals surface area contributed by atoms with Crippen molar-refractivity contribution >= 4 is 22.9 Å². The number of carbonyl (C=O) groups is 1. The number of aliphatic imine (C=N–C) groups is 1. The molecule has 0 spiro atoms. The third kappa shape index (κ3) is 6.06. The lowest BCUT2D eigenvalue weighted by Crippen LogP contribution is -2.25. The van der Waals surface area contributed by atoms with Crippen molar-refractivity contribution < 1.29 is 14.3 Å². The van der Waals surface area contributed by atoms with Gasteiger partial charge in [-0.25, -0.2) is 4.79 Å². The van der Waals surface area contributed by atoms with Gasteiger partial charge in [-0.3, -0.25) is 4.99 Å². The second-order valence-corrected chi connectivity index (χ2v) is 11.0. The van der Waals surface area contributed by atoms with Crippen LogP contribution in [0, 0.1) is 0 Å². The number of hydrogen-bond acceptors (Lipinski definition) is 6. The Balaban J connectivity index is 1.50. The SMILES string of the molecule is CCOC(=O)c1cc(-c2cccc3c2C(CC)=CC(=NC2(C)CC2)C(C)N3)[nH]c1C(N)COCc1ccccc1. The minimum atomic E-state index is -0.531. The molecule has 0 amide bonds. The quantitative estimate of drug-likeness (QED) is 0.249. The highest BCUT2D eigenvalue weighted by atomic mass is 16.5. The van der Waals surface area contributed by atoms with Gasteiger partial charge in [0.25, 0.3) is 0 Å². The Bertz CT molecular complexity index is 1420. The second kappa shape index (κ2) is 11.8. The molecule has 1 fully saturated rings. The maximum atomic E-state index is 13.0. The van der Waals surface area contributed by atoms with Gasteiger partial charge in [0, 0.05) is 28.2 Å². The summed E-state index contributed by atoms with van der Waals surface area (Å²) in [4.78, 5) is 21.6. The van der Waals surface area contributed by atoms with E-state index in [4.69, 9.17) is 20.2 Å². The number of anilines is 1. The van der Waals surface area contributed by atoms with Gasteiger partial charge in [0.05, 0.1) is 48.7 Å². The predicted molar refractivity (Wildman–Crippen MR) is 162 cm³/mol. The topological polar surface area (TPSA) is 102 Å². The molecule has 7 heteroatoms. The Morgan fingerprint density at radius 3 is 2.62 bits per heavy atom. The summed E-state index contributed by atoms with van der Waals surface area (Å²) in [5.74, 6) is -0.398. The molecule has 1 aliphatic heterocycles. The number of ether oxygens (including phenoxy) is 2. The molecule has 40 heavy (non-hydrogen) atoms. The second-order valence-electron chi connectivity index (χ2n) is 11.0. The van der Waals surface area contributed by atoms with E-state index in [1.54, 1.807) is 6.92 Å². The number of allylic oxidation sites excluding steroid dienone is 1. The average Bonchev–Trinajstić information content (AvgIpc) is 3.54. The number of fused-ring (bicyclic) bond motifs is 1. The van der Waals surface area contributed by atoms with Crippen molar-refractivity contribution in [2.75, 3.05) is 18.5 Å². The Kier molecular flexibility index (Phi) is 8.24. The summed E-state index contributed by atoms with van der Waals surface area (Å²) < 4.78 is 11.3. The first-order valence-electron chi connectivity index (χ1n) is 14.3. The number of aromatic nitrogens is 1. The van der Waals surface area contributed by atoms with E-state index >= 15 is 0 Å². The zero-order valence-corrected chi connectivity index (χ0v) is 23.9. The number of nitrogens with two attached hydrogens (primary N) is 1. The van der Waals surface area contributed by atoms with Crippen LogP contribution in [0.15, 0.2) is 65.7 Å². The fourth-order valence-corrected chi connectivity index (χ4v) is 5.19. The summed E-state index contributed by atoms with van der Waals surface area (Å²) in [6.07, 6.45) is 5.36. The number of rotatable bonds is 10. The molecule has 5 rings (SSSR count). The van der Waals surface area contributed by atoms with Crippen molar-refractivity contribution in [1.82, 2.24) is 4.98 Å². The summed E-state index contributed by atoms with van der Waals surface area (Å²) in [5.41, 5.74) is 15.0. The minimum Gasteiger partial charge on any atom is -0.462 e. The molecule has 2 heterocycles. The van der Waals surface area contributed by atoms with Crippen LogP contribution in [0.1, 0.15) is 80.2 Å². The number of esters is 1. The first kappa shape index (κ1) is 27.9. The predicted octanol–water partition coefficient (Wildman–Crippen LogP) is 6.68. The number of carbonyl (C=O) groups excluding carboxylic acids is 1. The normalized spacial score (nSPS) is 19.3. The van der Waals surface area contributed by atoms with Gasteiger partial charge < -0.3 is 25.5 Å². The van der Waals surface area contributed by atoms with Crippen LogP contribution in [0.2, 0.25) is 0 Å². The monoisotopic (exact) mass is 540 g/mol. The summed E-state index contributed by atoms with van der Waals surface area (Å²) in [7, 11) is 0. The standard InChI is InChI=1S/C33H40N4O3/c1-5-23-17-28(37-33(4)15-16-33)21(3)35-27-14-10-13-24(30(23)27)29-18-25(32(38)40-6-2)31(36-29)26(34)20-39-19-22-11-8-7-9-12-22/h7-14,17-18,21,26,35-36H,5-6,15-16,19-20,34H2,1-4H3. The number of hydrogen-bond donors (Lipinski definition) is 3. The van der Waals surface area contributed by atoms with Gasteiger partial charge in [0.2, 0.25) is 0 Å². The summed E-state index contributed by atoms with van der Waals surface area (Å²) in [5, 5.41) is 3.69. The van der Waals surface area contributed by atoms with Crippen molar-refractivity contribution in [3.63, 3.8) is 0 Å². The van der Waals surface area contributed by atoms with E-state index in [0.29, 0.717) is 17.9 Å². The van der Waals surface area contributed by atoms with Crippen molar-refractivity contribution in [1.29, 1.82) is 0 Å². The highest BCUT2D eigenvalue weighted by Gasteiger charge is 2.38. The molecule has 1 aliphatic carbocycles. The van der Waals surface area contributed by atoms with Crippen molar-refractivity contribution in [3.8, 4) is 11.3 Å². The highest BCUT2D eigenvalue weighted by Crippen LogP contribution is 2.42. The van der Waals surface area contributed by atoms with Crippen LogP contribution < -0.4 is 11.1 Å². The maximum Gasteiger partial charge on any atom is 0.340 e. The summed E-state index contributed by atoms with van der Waals surface area (Å²) >= 11 is 0. The Morgan fingerprint density at radius 1 is 1.15 bits per heavy atom. The molecular weight excluding hydrogens is 500 g/mol. The molecule has 210 valence electrons.